The Morgan fingerprint density at radius 1 is 1.18 bits per heavy atom. The van der Waals surface area contributed by atoms with E-state index in [2.05, 4.69) is 9.97 Å². The second kappa shape index (κ2) is 8.24. The Kier molecular flexibility index (Phi) is 5.25. The number of nitrogens with zero attached hydrogens (tertiary/aromatic N) is 5. The number of carbonyl (C=O) groups is 1. The van der Waals surface area contributed by atoms with Gasteiger partial charge in [0.05, 0.1) is 32.3 Å². The molecule has 1 amide bonds. The van der Waals surface area contributed by atoms with Gasteiger partial charge in [-0.15, -0.1) is 11.3 Å². The van der Waals surface area contributed by atoms with Crippen LogP contribution < -0.4 is 4.74 Å². The summed E-state index contributed by atoms with van der Waals surface area (Å²) in [6.45, 7) is 1.51. The van der Waals surface area contributed by atoms with E-state index >= 15 is 0 Å². The summed E-state index contributed by atoms with van der Waals surface area (Å²) in [5, 5.41) is 10.8. The largest absolute Gasteiger partial charge is 0.453 e. The van der Waals surface area contributed by atoms with Crippen molar-refractivity contribution in [2.75, 3.05) is 13.1 Å². The van der Waals surface area contributed by atoms with Gasteiger partial charge < -0.3 is 14.2 Å². The number of nitro benzene ring substituents is 1. The van der Waals surface area contributed by atoms with Gasteiger partial charge in [0.2, 0.25) is 0 Å². The first-order chi connectivity index (χ1) is 15.9. The van der Waals surface area contributed by atoms with Crippen molar-refractivity contribution in [2.24, 2.45) is 7.05 Å². The lowest BCUT2D eigenvalue weighted by Crippen LogP contribution is -2.29. The molecule has 0 aliphatic carbocycles. The number of rotatable bonds is 5. The maximum atomic E-state index is 14.3. The second-order valence-corrected chi connectivity index (χ2v) is 8.69. The highest BCUT2D eigenvalue weighted by Crippen LogP contribution is 2.39. The number of benzene rings is 1. The van der Waals surface area contributed by atoms with Gasteiger partial charge in [-0.1, -0.05) is 0 Å². The van der Waals surface area contributed by atoms with Crippen LogP contribution in [-0.2, 0) is 7.05 Å². The molecule has 33 heavy (non-hydrogen) atoms. The topological polar surface area (TPSA) is 103 Å². The SMILES string of the molecule is Cn1c(C(=O)N2CCCC2)cnc1-c1cc2nccc(Oc3ccc([N+](=O)[O-])cc3F)c2s1. The number of likely N-dealkylation sites (tertiary alicyclic amines) is 1. The van der Waals surface area contributed by atoms with Crippen LogP contribution in [0.5, 0.6) is 11.5 Å². The van der Waals surface area contributed by atoms with Crippen molar-refractivity contribution >= 4 is 33.1 Å². The lowest BCUT2D eigenvalue weighted by atomic mass is 10.3. The molecule has 168 valence electrons. The molecule has 0 saturated carbocycles. The van der Waals surface area contributed by atoms with E-state index < -0.39 is 10.7 Å². The van der Waals surface area contributed by atoms with Crippen LogP contribution in [0.2, 0.25) is 0 Å². The van der Waals surface area contributed by atoms with Crippen LogP contribution in [0.3, 0.4) is 0 Å². The molecule has 5 rings (SSSR count). The zero-order valence-electron chi connectivity index (χ0n) is 17.5. The summed E-state index contributed by atoms with van der Waals surface area (Å²) in [7, 11) is 1.80. The van der Waals surface area contributed by atoms with Gasteiger partial charge in [-0.2, -0.15) is 0 Å². The molecule has 0 N–H and O–H groups in total. The fourth-order valence-corrected chi connectivity index (χ4v) is 4.93. The van der Waals surface area contributed by atoms with Crippen LogP contribution in [0.15, 0.2) is 42.7 Å². The van der Waals surface area contributed by atoms with Gasteiger partial charge >= 0.3 is 0 Å². The summed E-state index contributed by atoms with van der Waals surface area (Å²) in [4.78, 5) is 34.4. The van der Waals surface area contributed by atoms with Crippen LogP contribution >= 0.6 is 11.3 Å². The summed E-state index contributed by atoms with van der Waals surface area (Å²) >= 11 is 1.36. The number of hydrogen-bond acceptors (Lipinski definition) is 7. The molecular weight excluding hydrogens is 449 g/mol. The number of non-ortho nitro benzene ring substituents is 1. The highest BCUT2D eigenvalue weighted by Gasteiger charge is 2.24. The van der Waals surface area contributed by atoms with E-state index in [1.165, 1.54) is 29.7 Å². The molecule has 1 saturated heterocycles. The summed E-state index contributed by atoms with van der Waals surface area (Å²) in [5.74, 6) is -0.0103. The third-order valence-electron chi connectivity index (χ3n) is 5.54. The molecule has 4 aromatic rings. The zero-order chi connectivity index (χ0) is 23.1. The van der Waals surface area contributed by atoms with Crippen molar-refractivity contribution in [3.8, 4) is 22.2 Å². The molecule has 1 fully saturated rings. The number of thiophene rings is 1. The first kappa shape index (κ1) is 21.0. The molecule has 0 spiro atoms. The van der Waals surface area contributed by atoms with E-state index in [1.807, 2.05) is 11.0 Å². The van der Waals surface area contributed by atoms with Gasteiger partial charge in [0.1, 0.15) is 17.3 Å². The van der Waals surface area contributed by atoms with E-state index in [9.17, 15) is 19.3 Å². The molecular formula is C22H18FN5O4S. The number of ether oxygens (including phenoxy) is 1. The number of hydrogen-bond donors (Lipinski definition) is 0. The molecule has 3 aromatic heterocycles. The average molecular weight is 467 g/mol. The Morgan fingerprint density at radius 2 is 1.97 bits per heavy atom. The highest BCUT2D eigenvalue weighted by atomic mass is 32.1. The second-order valence-electron chi connectivity index (χ2n) is 7.63. The molecule has 1 aromatic carbocycles. The Hall–Kier alpha value is -3.86. The first-order valence-electron chi connectivity index (χ1n) is 10.2. The van der Waals surface area contributed by atoms with Crippen LogP contribution in [0, 0.1) is 15.9 Å². The number of pyridine rings is 1. The van der Waals surface area contributed by atoms with Crippen molar-refractivity contribution in [2.45, 2.75) is 12.8 Å². The van der Waals surface area contributed by atoms with Gasteiger partial charge in [-0.25, -0.2) is 9.37 Å². The predicted molar refractivity (Wildman–Crippen MR) is 120 cm³/mol. The number of halogens is 1. The normalized spacial score (nSPS) is 13.6. The van der Waals surface area contributed by atoms with Crippen LogP contribution in [-0.4, -0.2) is 43.4 Å². The van der Waals surface area contributed by atoms with Crippen molar-refractivity contribution in [3.05, 3.63) is 64.4 Å². The van der Waals surface area contributed by atoms with Crippen molar-refractivity contribution in [3.63, 3.8) is 0 Å². The molecule has 0 atom stereocenters. The fraction of sp³-hybridized carbons (Fsp3) is 0.227. The first-order valence-corrected chi connectivity index (χ1v) is 11.1. The molecule has 1 aliphatic rings. The van der Waals surface area contributed by atoms with Gasteiger partial charge in [-0.3, -0.25) is 19.9 Å². The van der Waals surface area contributed by atoms with Crippen LogP contribution in [0.1, 0.15) is 23.3 Å². The number of nitro groups is 1. The van der Waals surface area contributed by atoms with Crippen LogP contribution in [0.25, 0.3) is 20.9 Å². The lowest BCUT2D eigenvalue weighted by molar-refractivity contribution is -0.385. The molecule has 9 nitrogen and oxygen atoms in total. The van der Waals surface area contributed by atoms with Crippen molar-refractivity contribution in [1.29, 1.82) is 0 Å². The quantitative estimate of drug-likeness (QED) is 0.309. The molecule has 1 aliphatic heterocycles. The van der Waals surface area contributed by atoms with Crippen molar-refractivity contribution < 1.29 is 18.8 Å². The molecule has 11 heteroatoms. The van der Waals surface area contributed by atoms with E-state index in [1.54, 1.807) is 23.9 Å². The van der Waals surface area contributed by atoms with E-state index in [0.29, 0.717) is 27.5 Å². The Bertz CT molecular complexity index is 1390. The minimum Gasteiger partial charge on any atom is -0.453 e. The minimum atomic E-state index is -0.833. The number of imidazole rings is 1. The Morgan fingerprint density at radius 3 is 2.70 bits per heavy atom. The maximum Gasteiger partial charge on any atom is 0.272 e. The van der Waals surface area contributed by atoms with Gasteiger partial charge in [0.15, 0.2) is 11.6 Å². The van der Waals surface area contributed by atoms with Gasteiger partial charge in [0, 0.05) is 38.5 Å². The zero-order valence-corrected chi connectivity index (χ0v) is 18.3. The standard InChI is InChI=1S/C22H18FN5O4S/c1-26-16(22(29)27-8-2-3-9-27)12-25-21(26)19-11-15-20(33-19)18(6-7-24-15)32-17-5-4-13(28(30)31)10-14(17)23/h4-7,10-12H,2-3,8-9H2,1H3. The average Bonchev–Trinajstić information content (AvgIpc) is 3.54. The number of fused-ring (bicyclic) bond motifs is 1. The summed E-state index contributed by atoms with van der Waals surface area (Å²) in [6.07, 6.45) is 5.14. The Labute approximate surface area is 191 Å². The summed E-state index contributed by atoms with van der Waals surface area (Å²) < 4.78 is 22.5. The number of aromatic nitrogens is 3. The molecule has 0 bridgehead atoms. The highest BCUT2D eigenvalue weighted by molar-refractivity contribution is 7.22. The Balaban J connectivity index is 1.47. The van der Waals surface area contributed by atoms with Crippen LogP contribution in [0.4, 0.5) is 10.1 Å². The number of carbonyl (C=O) groups excluding carboxylic acids is 1. The number of amides is 1. The smallest absolute Gasteiger partial charge is 0.272 e. The van der Waals surface area contributed by atoms with E-state index in [4.69, 9.17) is 4.74 Å². The molecule has 4 heterocycles. The summed E-state index contributed by atoms with van der Waals surface area (Å²) in [6, 6.07) is 6.67. The lowest BCUT2D eigenvalue weighted by Gasteiger charge is -2.15. The maximum absolute atomic E-state index is 14.3. The predicted octanol–water partition coefficient (Wildman–Crippen LogP) is 4.77. The van der Waals surface area contributed by atoms with E-state index in [-0.39, 0.29) is 17.3 Å². The monoisotopic (exact) mass is 467 g/mol. The minimum absolute atomic E-state index is 0.0364. The third-order valence-corrected chi connectivity index (χ3v) is 6.68. The van der Waals surface area contributed by atoms with E-state index in [0.717, 1.165) is 36.9 Å². The van der Waals surface area contributed by atoms with Gasteiger partial charge in [-0.05, 0) is 25.0 Å². The molecule has 0 unspecified atom stereocenters. The molecule has 0 radical (unpaired) electrons. The van der Waals surface area contributed by atoms with Gasteiger partial charge in [0.25, 0.3) is 11.6 Å². The summed E-state index contributed by atoms with van der Waals surface area (Å²) in [5.41, 5.74) is 0.791. The third kappa shape index (κ3) is 3.80. The fourth-order valence-electron chi connectivity index (χ4n) is 3.83. The van der Waals surface area contributed by atoms with Crippen molar-refractivity contribution in [1.82, 2.24) is 19.4 Å².